The summed E-state index contributed by atoms with van der Waals surface area (Å²) < 4.78 is 24.5. The molecule has 23 heteroatoms. The number of ether oxygens (including phenoxy) is 2. The predicted octanol–water partition coefficient (Wildman–Crippen LogP) is 7.00. The SMILES string of the molecule is COC(=O)N[C@H](C(=O)N1CCC[C@H]1C(=O)Nc1ccc([C@H]2CC[C@H](c3ccc(NC(=O)[C@@H]4CCCN4C(=O)[C@@H](NC(=O)OC)C(C)C)c([N+](=O)[O-])c3)N2c2ccc(Cl)c(F)c2)cc1[N+](=O)[O-])C(C)C. The lowest BCUT2D eigenvalue weighted by Gasteiger charge is -2.33. The van der Waals surface area contributed by atoms with Gasteiger partial charge in [-0.2, -0.15) is 0 Å². The molecule has 3 aliphatic heterocycles. The summed E-state index contributed by atoms with van der Waals surface area (Å²) in [6.07, 6.45) is 0.498. The van der Waals surface area contributed by atoms with E-state index in [0.29, 0.717) is 42.5 Å². The highest BCUT2D eigenvalue weighted by molar-refractivity contribution is 6.30. The molecule has 3 aliphatic rings. The number of halogens is 2. The quantitative estimate of drug-likeness (QED) is 0.0884. The van der Waals surface area contributed by atoms with Crippen LogP contribution in [0.4, 0.5) is 42.4 Å². The molecule has 0 aliphatic carbocycles. The van der Waals surface area contributed by atoms with Crippen molar-refractivity contribution in [3.8, 4) is 0 Å². The van der Waals surface area contributed by atoms with Crippen LogP contribution < -0.4 is 26.2 Å². The van der Waals surface area contributed by atoms with Gasteiger partial charge >= 0.3 is 12.2 Å². The Morgan fingerprint density at radius 1 is 0.667 bits per heavy atom. The van der Waals surface area contributed by atoms with Crippen LogP contribution >= 0.6 is 11.6 Å². The highest BCUT2D eigenvalue weighted by atomic mass is 35.5. The van der Waals surface area contributed by atoms with Crippen LogP contribution in [0.1, 0.15) is 89.4 Å². The predicted molar refractivity (Wildman–Crippen MR) is 250 cm³/mol. The number of carbonyl (C=O) groups excluding carboxylic acids is 6. The van der Waals surface area contributed by atoms with Gasteiger partial charge in [0.25, 0.3) is 11.4 Å². The number of anilines is 3. The van der Waals surface area contributed by atoms with Crippen molar-refractivity contribution in [1.29, 1.82) is 0 Å². The molecule has 3 saturated heterocycles. The second kappa shape index (κ2) is 21.9. The van der Waals surface area contributed by atoms with E-state index in [0.717, 1.165) is 14.2 Å². The van der Waals surface area contributed by atoms with Crippen molar-refractivity contribution in [2.75, 3.05) is 42.8 Å². The Bertz CT molecular complexity index is 2370. The minimum atomic E-state index is -0.994. The van der Waals surface area contributed by atoms with E-state index in [1.54, 1.807) is 50.8 Å². The van der Waals surface area contributed by atoms with Crippen molar-refractivity contribution < 1.29 is 52.5 Å². The molecule has 21 nitrogen and oxygen atoms in total. The molecule has 0 unspecified atom stereocenters. The lowest BCUT2D eigenvalue weighted by Crippen LogP contribution is -2.54. The summed E-state index contributed by atoms with van der Waals surface area (Å²) in [6.45, 7) is 7.33. The van der Waals surface area contributed by atoms with Crippen LogP contribution in [0.25, 0.3) is 0 Å². The van der Waals surface area contributed by atoms with Crippen LogP contribution in [-0.2, 0) is 28.7 Å². The van der Waals surface area contributed by atoms with Gasteiger partial charge in [-0.25, -0.2) is 14.0 Å². The van der Waals surface area contributed by atoms with Crippen LogP contribution in [0.15, 0.2) is 54.6 Å². The van der Waals surface area contributed by atoms with E-state index < -0.39 is 99.1 Å². The third-order valence-electron chi connectivity index (χ3n) is 12.8. The fourth-order valence-corrected chi connectivity index (χ4v) is 9.41. The summed E-state index contributed by atoms with van der Waals surface area (Å²) in [5, 5.41) is 35.4. The van der Waals surface area contributed by atoms with Gasteiger partial charge in [0.2, 0.25) is 23.6 Å². The molecule has 0 spiro atoms. The molecular weight excluding hydrogens is 925 g/mol. The Morgan fingerprint density at radius 3 is 1.45 bits per heavy atom. The zero-order valence-corrected chi connectivity index (χ0v) is 39.6. The molecule has 3 aromatic carbocycles. The number of methoxy groups -OCH3 is 2. The summed E-state index contributed by atoms with van der Waals surface area (Å²) >= 11 is 6.08. The number of nitrogens with one attached hydrogen (secondary N) is 4. The van der Waals surface area contributed by atoms with Crippen molar-refractivity contribution in [3.05, 3.63) is 96.8 Å². The maximum Gasteiger partial charge on any atom is 0.407 e. The molecule has 6 rings (SSSR count). The topological polar surface area (TPSA) is 265 Å². The van der Waals surface area contributed by atoms with Gasteiger partial charge in [-0.15, -0.1) is 0 Å². The number of hydrogen-bond donors (Lipinski definition) is 4. The zero-order valence-electron chi connectivity index (χ0n) is 38.9. The highest BCUT2D eigenvalue weighted by Gasteiger charge is 2.42. The van der Waals surface area contributed by atoms with Crippen LogP contribution in [0.3, 0.4) is 0 Å². The zero-order chi connectivity index (χ0) is 50.4. The maximum atomic E-state index is 15.2. The van der Waals surface area contributed by atoms with E-state index >= 15 is 4.39 Å². The smallest absolute Gasteiger partial charge is 0.407 e. The maximum absolute atomic E-state index is 15.2. The average molecular weight is 980 g/mol. The fourth-order valence-electron chi connectivity index (χ4n) is 9.29. The van der Waals surface area contributed by atoms with Gasteiger partial charge in [0, 0.05) is 30.9 Å². The average Bonchev–Trinajstić information content (AvgIpc) is 4.11. The Kier molecular flexibility index (Phi) is 16.3. The Labute approximate surface area is 401 Å². The molecule has 0 radical (unpaired) electrons. The normalized spacial score (nSPS) is 19.8. The standard InChI is InChI=1S/C46H55ClFN9O12/c1-24(2)39(51-45(62)68-5)43(60)53-19-7-9-35(53)41(58)49-31-15-11-26(21-37(31)56(64)65)33-17-18-34(55(33)28-13-14-29(47)30(48)23-28)27-12-16-32(38(22-27)57(66)67)50-42(59)36-10-8-20-54(36)44(61)40(25(3)4)52-46(63)69-6/h11-16,21-25,33-36,39-40H,7-10,17-20H2,1-6H3,(H,49,58)(H,50,59)(H,51,62)(H,52,63)/t33-,34-,35+,36+,39+,40+/m1/s1. The first-order valence-corrected chi connectivity index (χ1v) is 22.9. The van der Waals surface area contributed by atoms with Crippen LogP contribution in [0, 0.1) is 37.9 Å². The summed E-state index contributed by atoms with van der Waals surface area (Å²) in [5.74, 6) is -3.81. The Hall–Kier alpha value is -7.10. The summed E-state index contributed by atoms with van der Waals surface area (Å²) in [5.41, 5.74) is -0.102. The van der Waals surface area contributed by atoms with Gasteiger partial charge in [-0.3, -0.25) is 39.4 Å². The number of nitro benzene ring substituents is 2. The van der Waals surface area contributed by atoms with Crippen molar-refractivity contribution in [1.82, 2.24) is 20.4 Å². The molecule has 0 saturated carbocycles. The number of benzene rings is 3. The van der Waals surface area contributed by atoms with Gasteiger partial charge in [-0.1, -0.05) is 51.4 Å². The minimum Gasteiger partial charge on any atom is -0.453 e. The van der Waals surface area contributed by atoms with Crippen molar-refractivity contribution in [2.45, 2.75) is 102 Å². The molecule has 69 heavy (non-hydrogen) atoms. The second-order valence-electron chi connectivity index (χ2n) is 17.8. The third kappa shape index (κ3) is 11.3. The molecule has 6 amide bonds. The lowest BCUT2D eigenvalue weighted by molar-refractivity contribution is -0.384. The Morgan fingerprint density at radius 2 is 1.09 bits per heavy atom. The molecule has 3 aromatic rings. The number of nitrogens with zero attached hydrogens (tertiary/aromatic N) is 5. The van der Waals surface area contributed by atoms with Crippen LogP contribution in [0.5, 0.6) is 0 Å². The third-order valence-corrected chi connectivity index (χ3v) is 13.1. The molecule has 0 aromatic heterocycles. The number of nitro groups is 2. The van der Waals surface area contributed by atoms with Gasteiger partial charge < -0.3 is 45.4 Å². The largest absolute Gasteiger partial charge is 0.453 e. The number of alkyl carbamates (subject to hydrolysis) is 2. The molecule has 0 bridgehead atoms. The molecule has 370 valence electrons. The fraction of sp³-hybridized carbons (Fsp3) is 0.478. The van der Waals surface area contributed by atoms with E-state index in [4.69, 9.17) is 11.6 Å². The number of hydrogen-bond acceptors (Lipinski definition) is 13. The van der Waals surface area contributed by atoms with Crippen molar-refractivity contribution >= 4 is 75.9 Å². The van der Waals surface area contributed by atoms with Gasteiger partial charge in [0.15, 0.2) is 0 Å². The van der Waals surface area contributed by atoms with Crippen LogP contribution in [0.2, 0.25) is 5.02 Å². The molecular formula is C46H55ClFN9O12. The van der Waals surface area contributed by atoms with Crippen LogP contribution in [-0.4, -0.2) is 107 Å². The molecule has 6 atom stereocenters. The van der Waals surface area contributed by atoms with E-state index in [1.807, 2.05) is 0 Å². The summed E-state index contributed by atoms with van der Waals surface area (Å²) in [7, 11) is 2.32. The summed E-state index contributed by atoms with van der Waals surface area (Å²) in [6, 6.07) is 7.25. The Balaban J connectivity index is 1.27. The number of amides is 6. The van der Waals surface area contributed by atoms with E-state index in [2.05, 4.69) is 30.7 Å². The van der Waals surface area contributed by atoms with E-state index in [-0.39, 0.29) is 54.2 Å². The minimum absolute atomic E-state index is 0.143. The van der Waals surface area contributed by atoms with Gasteiger partial charge in [-0.05, 0) is 91.8 Å². The van der Waals surface area contributed by atoms with Crippen molar-refractivity contribution in [2.24, 2.45) is 11.8 Å². The molecule has 4 N–H and O–H groups in total. The van der Waals surface area contributed by atoms with E-state index in [1.165, 1.54) is 46.2 Å². The number of likely N-dealkylation sites (tertiary alicyclic amines) is 2. The number of carbonyl (C=O) groups is 6. The van der Waals surface area contributed by atoms with Gasteiger partial charge in [0.05, 0.1) is 41.2 Å². The van der Waals surface area contributed by atoms with Crippen molar-refractivity contribution in [3.63, 3.8) is 0 Å². The molecule has 3 fully saturated rings. The second-order valence-corrected chi connectivity index (χ2v) is 18.2. The molecule has 3 heterocycles. The first-order chi connectivity index (χ1) is 32.7. The monoisotopic (exact) mass is 979 g/mol. The summed E-state index contributed by atoms with van der Waals surface area (Å²) in [4.78, 5) is 107. The first kappa shape index (κ1) is 51.3. The highest BCUT2D eigenvalue weighted by Crippen LogP contribution is 2.49. The lowest BCUT2D eigenvalue weighted by atomic mass is 10.0. The van der Waals surface area contributed by atoms with Gasteiger partial charge in [0.1, 0.15) is 41.4 Å². The number of rotatable bonds is 15. The van der Waals surface area contributed by atoms with E-state index in [9.17, 15) is 49.0 Å². The first-order valence-electron chi connectivity index (χ1n) is 22.5.